The first-order valence-electron chi connectivity index (χ1n) is 8.10. The predicted octanol–water partition coefficient (Wildman–Crippen LogP) is 1.05. The maximum Gasteiger partial charge on any atom is 0.269 e. The minimum atomic E-state index is -0.485. The van der Waals surface area contributed by atoms with E-state index < -0.39 is 4.92 Å². The highest BCUT2D eigenvalue weighted by atomic mass is 35.5. The van der Waals surface area contributed by atoms with Crippen molar-refractivity contribution in [3.8, 4) is 0 Å². The van der Waals surface area contributed by atoms with Gasteiger partial charge in [-0.1, -0.05) is 0 Å². The van der Waals surface area contributed by atoms with Gasteiger partial charge in [-0.05, 0) is 25.0 Å². The molecular weight excluding hydrogens is 348 g/mol. The van der Waals surface area contributed by atoms with Crippen molar-refractivity contribution in [1.82, 2.24) is 15.1 Å². The Hall–Kier alpha value is -2.19. The van der Waals surface area contributed by atoms with Crippen molar-refractivity contribution in [3.63, 3.8) is 0 Å². The minimum absolute atomic E-state index is 0. The molecule has 3 rings (SSSR count). The van der Waals surface area contributed by atoms with Crippen LogP contribution in [-0.2, 0) is 4.79 Å². The zero-order valence-corrected chi connectivity index (χ0v) is 14.5. The van der Waals surface area contributed by atoms with Crippen LogP contribution >= 0.6 is 12.4 Å². The molecule has 1 unspecified atom stereocenters. The molecule has 2 aliphatic rings. The number of amides is 2. The van der Waals surface area contributed by atoms with Gasteiger partial charge in [0.25, 0.3) is 11.6 Å². The fourth-order valence-electron chi connectivity index (χ4n) is 3.31. The van der Waals surface area contributed by atoms with E-state index in [0.29, 0.717) is 31.7 Å². The fourth-order valence-corrected chi connectivity index (χ4v) is 3.31. The summed E-state index contributed by atoms with van der Waals surface area (Å²) in [5, 5.41) is 13.8. The van der Waals surface area contributed by atoms with Gasteiger partial charge in [0.2, 0.25) is 5.91 Å². The average molecular weight is 369 g/mol. The molecule has 2 heterocycles. The zero-order chi connectivity index (χ0) is 17.1. The van der Waals surface area contributed by atoms with Crippen LogP contribution in [0.25, 0.3) is 0 Å². The standard InChI is InChI=1S/C16H20N4O4.ClH/c21-15-10-17-7-9-19(15)14-2-1-8-18(11-14)16(22)12-3-5-13(6-4-12)20(23)24;/h3-6,14,17H,1-2,7-11H2;1H. The molecule has 0 bridgehead atoms. The van der Waals surface area contributed by atoms with Crippen molar-refractivity contribution in [1.29, 1.82) is 0 Å². The van der Waals surface area contributed by atoms with E-state index in [-0.39, 0.29) is 36.0 Å². The Morgan fingerprint density at radius 2 is 1.96 bits per heavy atom. The number of halogens is 1. The summed E-state index contributed by atoms with van der Waals surface area (Å²) in [5.41, 5.74) is 0.405. The van der Waals surface area contributed by atoms with Gasteiger partial charge in [-0.3, -0.25) is 19.7 Å². The van der Waals surface area contributed by atoms with Gasteiger partial charge < -0.3 is 15.1 Å². The number of nitrogens with zero attached hydrogens (tertiary/aromatic N) is 3. The largest absolute Gasteiger partial charge is 0.337 e. The zero-order valence-electron chi connectivity index (χ0n) is 13.7. The summed E-state index contributed by atoms with van der Waals surface area (Å²) in [6, 6.07) is 5.71. The maximum absolute atomic E-state index is 12.6. The van der Waals surface area contributed by atoms with E-state index >= 15 is 0 Å². The lowest BCUT2D eigenvalue weighted by atomic mass is 10.0. The number of piperidine rings is 1. The second-order valence-electron chi connectivity index (χ2n) is 6.12. The van der Waals surface area contributed by atoms with Gasteiger partial charge in [-0.25, -0.2) is 0 Å². The summed E-state index contributed by atoms with van der Waals surface area (Å²) in [7, 11) is 0. The van der Waals surface area contributed by atoms with Gasteiger partial charge in [-0.2, -0.15) is 0 Å². The third-order valence-corrected chi connectivity index (χ3v) is 4.58. The lowest BCUT2D eigenvalue weighted by Gasteiger charge is -2.41. The number of non-ortho nitro benzene ring substituents is 1. The van der Waals surface area contributed by atoms with Crippen LogP contribution in [0, 0.1) is 10.1 Å². The number of nitro groups is 1. The van der Waals surface area contributed by atoms with Crippen molar-refractivity contribution in [2.24, 2.45) is 0 Å². The minimum Gasteiger partial charge on any atom is -0.337 e. The molecule has 0 aliphatic carbocycles. The van der Waals surface area contributed by atoms with Crippen LogP contribution in [0.1, 0.15) is 23.2 Å². The molecule has 2 aliphatic heterocycles. The van der Waals surface area contributed by atoms with Crippen LogP contribution in [0.15, 0.2) is 24.3 Å². The number of rotatable bonds is 3. The number of nitro benzene ring substituents is 1. The molecule has 1 aromatic rings. The fraction of sp³-hybridized carbons (Fsp3) is 0.500. The van der Waals surface area contributed by atoms with Crippen LogP contribution in [0.5, 0.6) is 0 Å². The summed E-state index contributed by atoms with van der Waals surface area (Å²) in [6.07, 6.45) is 1.75. The monoisotopic (exact) mass is 368 g/mol. The lowest BCUT2D eigenvalue weighted by molar-refractivity contribution is -0.384. The van der Waals surface area contributed by atoms with E-state index in [1.54, 1.807) is 4.90 Å². The quantitative estimate of drug-likeness (QED) is 0.635. The molecule has 1 N–H and O–H groups in total. The highest BCUT2D eigenvalue weighted by Crippen LogP contribution is 2.20. The number of hydrogen-bond donors (Lipinski definition) is 1. The third kappa shape index (κ3) is 4.26. The first-order chi connectivity index (χ1) is 11.6. The molecule has 2 amide bonds. The number of hydrogen-bond acceptors (Lipinski definition) is 5. The Labute approximate surface area is 151 Å². The first-order valence-corrected chi connectivity index (χ1v) is 8.10. The maximum atomic E-state index is 12.6. The summed E-state index contributed by atoms with van der Waals surface area (Å²) >= 11 is 0. The Morgan fingerprint density at radius 1 is 1.24 bits per heavy atom. The molecular formula is C16H21ClN4O4. The van der Waals surface area contributed by atoms with E-state index in [2.05, 4.69) is 5.32 Å². The molecule has 1 aromatic carbocycles. The highest BCUT2D eigenvalue weighted by Gasteiger charge is 2.31. The molecule has 9 heteroatoms. The number of benzene rings is 1. The second kappa shape index (κ2) is 8.26. The van der Waals surface area contributed by atoms with Gasteiger partial charge >= 0.3 is 0 Å². The lowest BCUT2D eigenvalue weighted by Crippen LogP contribution is -2.57. The molecule has 25 heavy (non-hydrogen) atoms. The highest BCUT2D eigenvalue weighted by molar-refractivity contribution is 5.94. The van der Waals surface area contributed by atoms with Gasteiger partial charge in [0.15, 0.2) is 0 Å². The topological polar surface area (TPSA) is 95.8 Å². The van der Waals surface area contributed by atoms with Crippen molar-refractivity contribution < 1.29 is 14.5 Å². The predicted molar refractivity (Wildman–Crippen MR) is 93.9 cm³/mol. The normalized spacial score (nSPS) is 20.8. The number of carbonyl (C=O) groups excluding carboxylic acids is 2. The van der Waals surface area contributed by atoms with Gasteiger partial charge in [0.1, 0.15) is 0 Å². The van der Waals surface area contributed by atoms with Crippen LogP contribution in [-0.4, -0.2) is 65.3 Å². The van der Waals surface area contributed by atoms with E-state index in [1.165, 1.54) is 24.3 Å². The molecule has 0 saturated carbocycles. The molecule has 0 spiro atoms. The Morgan fingerprint density at radius 3 is 2.60 bits per heavy atom. The average Bonchev–Trinajstić information content (AvgIpc) is 2.61. The molecule has 2 saturated heterocycles. The van der Waals surface area contributed by atoms with Crippen molar-refractivity contribution in [2.45, 2.75) is 18.9 Å². The third-order valence-electron chi connectivity index (χ3n) is 4.58. The summed E-state index contributed by atoms with van der Waals surface area (Å²) in [4.78, 5) is 38.5. The molecule has 136 valence electrons. The first kappa shape index (κ1) is 19.1. The van der Waals surface area contributed by atoms with Gasteiger partial charge in [0, 0.05) is 49.9 Å². The van der Waals surface area contributed by atoms with Crippen LogP contribution in [0.2, 0.25) is 0 Å². The van der Waals surface area contributed by atoms with E-state index in [9.17, 15) is 19.7 Å². The van der Waals surface area contributed by atoms with E-state index in [1.807, 2.05) is 4.90 Å². The van der Waals surface area contributed by atoms with Crippen LogP contribution < -0.4 is 5.32 Å². The number of carbonyl (C=O) groups is 2. The SMILES string of the molecule is Cl.O=C(c1ccc([N+](=O)[O-])cc1)N1CCCC(N2CCNCC2=O)C1. The van der Waals surface area contributed by atoms with E-state index in [0.717, 1.165) is 19.4 Å². The number of likely N-dealkylation sites (tertiary alicyclic amines) is 1. The summed E-state index contributed by atoms with van der Waals surface area (Å²) in [6.45, 7) is 2.96. The van der Waals surface area contributed by atoms with Crippen LogP contribution in [0.3, 0.4) is 0 Å². The van der Waals surface area contributed by atoms with Gasteiger partial charge in [-0.15, -0.1) is 12.4 Å². The smallest absolute Gasteiger partial charge is 0.269 e. The Bertz CT molecular complexity index is 652. The van der Waals surface area contributed by atoms with Crippen molar-refractivity contribution in [2.75, 3.05) is 32.7 Å². The summed E-state index contributed by atoms with van der Waals surface area (Å²) < 4.78 is 0. The van der Waals surface area contributed by atoms with Crippen molar-refractivity contribution in [3.05, 3.63) is 39.9 Å². The van der Waals surface area contributed by atoms with Crippen molar-refractivity contribution >= 4 is 29.9 Å². The molecule has 2 fully saturated rings. The number of nitrogens with one attached hydrogen (secondary N) is 1. The Kier molecular flexibility index (Phi) is 6.33. The summed E-state index contributed by atoms with van der Waals surface area (Å²) in [5.74, 6) is -0.0620. The van der Waals surface area contributed by atoms with E-state index in [4.69, 9.17) is 0 Å². The molecule has 0 aromatic heterocycles. The molecule has 8 nitrogen and oxygen atoms in total. The second-order valence-corrected chi connectivity index (χ2v) is 6.12. The Balaban J connectivity index is 0.00000225. The van der Waals surface area contributed by atoms with Crippen LogP contribution in [0.4, 0.5) is 5.69 Å². The van der Waals surface area contributed by atoms with Gasteiger partial charge in [0.05, 0.1) is 11.5 Å². The molecule has 0 radical (unpaired) electrons. The molecule has 1 atom stereocenters. The number of piperazine rings is 1.